The first kappa shape index (κ1) is 24.8. The van der Waals surface area contributed by atoms with Crippen LogP contribution >= 0.6 is 11.3 Å². The van der Waals surface area contributed by atoms with Crippen LogP contribution in [0, 0.1) is 0 Å². The molecular formula is C29H27NO6S. The summed E-state index contributed by atoms with van der Waals surface area (Å²) < 4.78 is 6.65. The number of hydrogen-bond donors (Lipinski definition) is 3. The molecule has 1 atom stereocenters. The number of benzene rings is 3. The number of hydrogen-bond acceptors (Lipinski definition) is 7. The molecule has 0 amide bonds. The Hall–Kier alpha value is -3.88. The molecule has 2 heterocycles. The smallest absolute Gasteiger partial charge is 0.320 e. The third kappa shape index (κ3) is 5.30. The lowest BCUT2D eigenvalue weighted by molar-refractivity contribution is -0.144. The molecule has 1 aromatic heterocycles. The number of ether oxygens (including phenoxy) is 1. The summed E-state index contributed by atoms with van der Waals surface area (Å²) >= 11 is 1.42. The summed E-state index contributed by atoms with van der Waals surface area (Å²) in [6.45, 7) is 1.64. The van der Waals surface area contributed by atoms with Crippen LogP contribution in [0.2, 0.25) is 0 Å². The van der Waals surface area contributed by atoms with Gasteiger partial charge in [-0.05, 0) is 91.7 Å². The fraction of sp³-hybridized carbons (Fsp3) is 0.241. The molecule has 1 unspecified atom stereocenters. The molecule has 0 bridgehead atoms. The molecule has 3 aromatic carbocycles. The maximum atomic E-state index is 13.7. The molecule has 1 aliphatic rings. The van der Waals surface area contributed by atoms with Gasteiger partial charge < -0.3 is 20.1 Å². The van der Waals surface area contributed by atoms with Crippen molar-refractivity contribution in [1.82, 2.24) is 4.90 Å². The van der Waals surface area contributed by atoms with E-state index in [1.807, 2.05) is 4.90 Å². The van der Waals surface area contributed by atoms with Crippen LogP contribution in [-0.4, -0.2) is 57.7 Å². The molecule has 7 nitrogen and oxygen atoms in total. The number of aliphatic carboxylic acids is 1. The zero-order valence-electron chi connectivity index (χ0n) is 20.1. The zero-order chi connectivity index (χ0) is 25.9. The number of piperidine rings is 1. The van der Waals surface area contributed by atoms with E-state index in [-0.39, 0.29) is 17.3 Å². The van der Waals surface area contributed by atoms with Crippen molar-refractivity contribution >= 4 is 33.2 Å². The summed E-state index contributed by atoms with van der Waals surface area (Å²) in [5, 5.41) is 29.8. The first-order valence-electron chi connectivity index (χ1n) is 12.2. The molecule has 5 rings (SSSR count). The number of thiophene rings is 1. The van der Waals surface area contributed by atoms with E-state index >= 15 is 0 Å². The molecule has 1 saturated heterocycles. The number of fused-ring (bicyclic) bond motifs is 1. The van der Waals surface area contributed by atoms with Crippen molar-refractivity contribution in [2.45, 2.75) is 25.3 Å². The number of carboxylic acids is 1. The lowest BCUT2D eigenvalue weighted by atomic mass is 9.97. The van der Waals surface area contributed by atoms with E-state index in [0.29, 0.717) is 36.4 Å². The topological polar surface area (TPSA) is 107 Å². The Morgan fingerprint density at radius 2 is 1.68 bits per heavy atom. The number of nitrogens with zero attached hydrogens (tertiary/aromatic N) is 1. The van der Waals surface area contributed by atoms with Crippen LogP contribution in [0.3, 0.4) is 0 Å². The van der Waals surface area contributed by atoms with E-state index in [2.05, 4.69) is 0 Å². The van der Waals surface area contributed by atoms with Gasteiger partial charge in [-0.2, -0.15) is 0 Å². The standard InChI is InChI=1S/C29H27NO6S/c31-20-8-4-19(5-9-20)28-26(23-13-10-21(32)17-25(23)37-28)27(33)18-6-11-22(12-7-18)36-16-15-30-14-2-1-3-24(30)29(34)35/h4-13,17,24,31-32H,1-3,14-16H2,(H,34,35). The van der Waals surface area contributed by atoms with E-state index < -0.39 is 12.0 Å². The number of rotatable bonds is 8. The molecule has 190 valence electrons. The van der Waals surface area contributed by atoms with E-state index in [1.54, 1.807) is 66.7 Å². The lowest BCUT2D eigenvalue weighted by Crippen LogP contribution is -2.46. The van der Waals surface area contributed by atoms with Crippen molar-refractivity contribution in [3.63, 3.8) is 0 Å². The molecule has 37 heavy (non-hydrogen) atoms. The fourth-order valence-electron chi connectivity index (χ4n) is 4.79. The molecule has 0 spiro atoms. The Morgan fingerprint density at radius 3 is 2.41 bits per heavy atom. The summed E-state index contributed by atoms with van der Waals surface area (Å²) in [7, 11) is 0. The number of aromatic hydroxyl groups is 2. The lowest BCUT2D eigenvalue weighted by Gasteiger charge is -2.32. The average Bonchev–Trinajstić information content (AvgIpc) is 3.27. The highest BCUT2D eigenvalue weighted by Crippen LogP contribution is 2.41. The number of ketones is 1. The first-order chi connectivity index (χ1) is 17.9. The number of carboxylic acid groups (broad SMARTS) is 1. The van der Waals surface area contributed by atoms with Crippen molar-refractivity contribution in [1.29, 1.82) is 0 Å². The van der Waals surface area contributed by atoms with Gasteiger partial charge in [0.1, 0.15) is 29.9 Å². The van der Waals surface area contributed by atoms with Gasteiger partial charge in [0.25, 0.3) is 0 Å². The highest BCUT2D eigenvalue weighted by Gasteiger charge is 2.28. The van der Waals surface area contributed by atoms with Gasteiger partial charge in [0, 0.05) is 32.6 Å². The van der Waals surface area contributed by atoms with Crippen LogP contribution in [-0.2, 0) is 4.79 Å². The van der Waals surface area contributed by atoms with Crippen LogP contribution in [0.5, 0.6) is 17.2 Å². The number of phenolic OH excluding ortho intramolecular Hbond substituents is 2. The molecule has 4 aromatic rings. The van der Waals surface area contributed by atoms with Crippen molar-refractivity contribution in [3.05, 3.63) is 77.9 Å². The Bertz CT molecular complexity index is 1430. The van der Waals surface area contributed by atoms with Gasteiger partial charge >= 0.3 is 5.97 Å². The Kier molecular flexibility index (Phi) is 7.12. The van der Waals surface area contributed by atoms with Crippen molar-refractivity contribution < 1.29 is 29.6 Å². The van der Waals surface area contributed by atoms with Crippen molar-refractivity contribution in [2.24, 2.45) is 0 Å². The maximum Gasteiger partial charge on any atom is 0.320 e. The minimum atomic E-state index is -0.787. The van der Waals surface area contributed by atoms with Gasteiger partial charge in [-0.3, -0.25) is 14.5 Å². The third-order valence-electron chi connectivity index (χ3n) is 6.69. The van der Waals surface area contributed by atoms with Crippen LogP contribution in [0.4, 0.5) is 0 Å². The third-order valence-corrected chi connectivity index (χ3v) is 7.89. The number of carbonyl (C=O) groups is 2. The predicted molar refractivity (Wildman–Crippen MR) is 143 cm³/mol. The van der Waals surface area contributed by atoms with Crippen molar-refractivity contribution in [3.8, 4) is 27.7 Å². The number of likely N-dealkylation sites (tertiary alicyclic amines) is 1. The van der Waals surface area contributed by atoms with E-state index in [9.17, 15) is 24.9 Å². The van der Waals surface area contributed by atoms with Gasteiger partial charge in [-0.15, -0.1) is 11.3 Å². The largest absolute Gasteiger partial charge is 0.508 e. The summed E-state index contributed by atoms with van der Waals surface area (Å²) in [5.74, 6) is -0.0515. The molecule has 8 heteroatoms. The van der Waals surface area contributed by atoms with Gasteiger partial charge in [-0.25, -0.2) is 0 Å². The number of carbonyl (C=O) groups excluding carboxylic acids is 1. The van der Waals surface area contributed by atoms with Gasteiger partial charge in [-0.1, -0.05) is 6.42 Å². The predicted octanol–water partition coefficient (Wildman–Crippen LogP) is 5.53. The highest BCUT2D eigenvalue weighted by molar-refractivity contribution is 7.22. The monoisotopic (exact) mass is 517 g/mol. The quantitative estimate of drug-likeness (QED) is 0.264. The fourth-order valence-corrected chi connectivity index (χ4v) is 6.03. The Balaban J connectivity index is 1.35. The van der Waals surface area contributed by atoms with Crippen LogP contribution in [0.25, 0.3) is 20.5 Å². The SMILES string of the molecule is O=C(c1ccc(OCCN2CCCCC2C(=O)O)cc1)c1c(-c2ccc(O)cc2)sc2cc(O)ccc12. The molecular weight excluding hydrogens is 490 g/mol. The highest BCUT2D eigenvalue weighted by atomic mass is 32.1. The van der Waals surface area contributed by atoms with E-state index in [1.165, 1.54) is 11.3 Å². The molecule has 0 aliphatic carbocycles. The Labute approximate surface area is 218 Å². The maximum absolute atomic E-state index is 13.7. The van der Waals surface area contributed by atoms with Crippen LogP contribution in [0.15, 0.2) is 66.7 Å². The van der Waals surface area contributed by atoms with Gasteiger partial charge in [0.15, 0.2) is 5.78 Å². The second kappa shape index (κ2) is 10.6. The summed E-state index contributed by atoms with van der Waals surface area (Å²) in [6, 6.07) is 18.2. The Morgan fingerprint density at radius 1 is 0.946 bits per heavy atom. The van der Waals surface area contributed by atoms with Gasteiger partial charge in [0.2, 0.25) is 0 Å². The molecule has 0 radical (unpaired) electrons. The van der Waals surface area contributed by atoms with Crippen LogP contribution in [0.1, 0.15) is 35.2 Å². The second-order valence-electron chi connectivity index (χ2n) is 9.12. The van der Waals surface area contributed by atoms with E-state index in [4.69, 9.17) is 4.74 Å². The van der Waals surface area contributed by atoms with Crippen molar-refractivity contribution in [2.75, 3.05) is 19.7 Å². The summed E-state index contributed by atoms with van der Waals surface area (Å²) in [6.07, 6.45) is 2.58. The molecule has 0 saturated carbocycles. The molecule has 1 aliphatic heterocycles. The van der Waals surface area contributed by atoms with E-state index in [0.717, 1.165) is 39.9 Å². The summed E-state index contributed by atoms with van der Waals surface area (Å²) in [5.41, 5.74) is 1.85. The zero-order valence-corrected chi connectivity index (χ0v) is 20.9. The van der Waals surface area contributed by atoms with Gasteiger partial charge in [0.05, 0.1) is 0 Å². The minimum Gasteiger partial charge on any atom is -0.508 e. The first-order valence-corrected chi connectivity index (χ1v) is 13.0. The minimum absolute atomic E-state index is 0.130. The number of phenols is 2. The molecule has 3 N–H and O–H groups in total. The normalized spacial score (nSPS) is 16.1. The summed E-state index contributed by atoms with van der Waals surface area (Å²) in [4.78, 5) is 27.9. The second-order valence-corrected chi connectivity index (χ2v) is 10.2. The molecule has 1 fully saturated rings. The van der Waals surface area contributed by atoms with Crippen LogP contribution < -0.4 is 4.74 Å². The average molecular weight is 518 g/mol.